The highest BCUT2D eigenvalue weighted by atomic mass is 19.4. The zero-order chi connectivity index (χ0) is 13.0. The number of rotatable bonds is 4. The van der Waals surface area contributed by atoms with E-state index in [4.69, 9.17) is 0 Å². The standard InChI is InChI=1S/C13H12F3NO/c14-13(15,16)18-9-8-17-12-7-3-5-10-4-1-2-6-11(10)12/h1-7,17H,8-9H2. The smallest absolute Gasteiger partial charge is 0.382 e. The van der Waals surface area contributed by atoms with Gasteiger partial charge in [-0.05, 0) is 11.5 Å². The molecule has 0 aliphatic rings. The third kappa shape index (κ3) is 3.37. The van der Waals surface area contributed by atoms with E-state index in [1.807, 2.05) is 42.5 Å². The van der Waals surface area contributed by atoms with Crippen LogP contribution in [0.3, 0.4) is 0 Å². The molecule has 96 valence electrons. The summed E-state index contributed by atoms with van der Waals surface area (Å²) in [6.07, 6.45) is -4.57. The molecule has 0 saturated carbocycles. The molecule has 0 fully saturated rings. The van der Waals surface area contributed by atoms with Gasteiger partial charge in [0.2, 0.25) is 0 Å². The average Bonchev–Trinajstić information content (AvgIpc) is 2.33. The van der Waals surface area contributed by atoms with Gasteiger partial charge in [-0.2, -0.15) is 0 Å². The Morgan fingerprint density at radius 2 is 1.72 bits per heavy atom. The summed E-state index contributed by atoms with van der Waals surface area (Å²) in [5.74, 6) is 0. The fourth-order valence-electron chi connectivity index (χ4n) is 1.73. The number of fused-ring (bicyclic) bond motifs is 1. The van der Waals surface area contributed by atoms with Crippen molar-refractivity contribution in [3.63, 3.8) is 0 Å². The monoisotopic (exact) mass is 255 g/mol. The molecule has 0 heterocycles. The first kappa shape index (κ1) is 12.7. The fraction of sp³-hybridized carbons (Fsp3) is 0.231. The van der Waals surface area contributed by atoms with Gasteiger partial charge in [-0.15, -0.1) is 13.2 Å². The van der Waals surface area contributed by atoms with Crippen LogP contribution >= 0.6 is 0 Å². The molecule has 0 aliphatic heterocycles. The third-order valence-corrected chi connectivity index (χ3v) is 2.47. The van der Waals surface area contributed by atoms with Crippen LogP contribution in [0.1, 0.15) is 0 Å². The van der Waals surface area contributed by atoms with E-state index in [-0.39, 0.29) is 6.54 Å². The lowest BCUT2D eigenvalue weighted by Crippen LogP contribution is -2.19. The van der Waals surface area contributed by atoms with Gasteiger partial charge < -0.3 is 5.32 Å². The van der Waals surface area contributed by atoms with Crippen molar-refractivity contribution in [3.05, 3.63) is 42.5 Å². The number of halogens is 3. The van der Waals surface area contributed by atoms with Crippen molar-refractivity contribution in [1.29, 1.82) is 0 Å². The van der Waals surface area contributed by atoms with Gasteiger partial charge in [0, 0.05) is 17.6 Å². The summed E-state index contributed by atoms with van der Waals surface area (Å²) in [5, 5.41) is 4.95. The molecule has 0 unspecified atom stereocenters. The van der Waals surface area contributed by atoms with Crippen LogP contribution in [-0.4, -0.2) is 19.5 Å². The number of nitrogens with one attached hydrogen (secondary N) is 1. The highest BCUT2D eigenvalue weighted by Gasteiger charge is 2.28. The zero-order valence-corrected chi connectivity index (χ0v) is 9.50. The summed E-state index contributed by atoms with van der Waals surface area (Å²) in [6.45, 7) is -0.305. The minimum atomic E-state index is -4.57. The predicted octanol–water partition coefficient (Wildman–Crippen LogP) is 3.79. The van der Waals surface area contributed by atoms with Crippen LogP contribution in [0.5, 0.6) is 0 Å². The maximum absolute atomic E-state index is 11.8. The largest absolute Gasteiger partial charge is 0.522 e. The summed E-state index contributed by atoms with van der Waals surface area (Å²) in [6, 6.07) is 13.3. The molecule has 5 heteroatoms. The van der Waals surface area contributed by atoms with E-state index >= 15 is 0 Å². The lowest BCUT2D eigenvalue weighted by atomic mass is 10.1. The Labute approximate surface area is 102 Å². The second kappa shape index (κ2) is 5.27. The number of alkyl halides is 3. The van der Waals surface area contributed by atoms with Crippen LogP contribution in [0.15, 0.2) is 42.5 Å². The number of hydrogen-bond acceptors (Lipinski definition) is 2. The average molecular weight is 255 g/mol. The third-order valence-electron chi connectivity index (χ3n) is 2.47. The second-order valence-corrected chi connectivity index (χ2v) is 3.75. The van der Waals surface area contributed by atoms with Gasteiger partial charge in [-0.1, -0.05) is 36.4 Å². The van der Waals surface area contributed by atoms with Crippen LogP contribution in [0.4, 0.5) is 18.9 Å². The second-order valence-electron chi connectivity index (χ2n) is 3.75. The van der Waals surface area contributed by atoms with E-state index < -0.39 is 13.0 Å². The SMILES string of the molecule is FC(F)(F)OCCNc1cccc2ccccc12. The molecule has 2 aromatic rings. The first-order valence-electron chi connectivity index (χ1n) is 5.48. The van der Waals surface area contributed by atoms with E-state index in [0.29, 0.717) is 0 Å². The Balaban J connectivity index is 2.00. The van der Waals surface area contributed by atoms with Gasteiger partial charge in [0.1, 0.15) is 0 Å². The van der Waals surface area contributed by atoms with Gasteiger partial charge in [0.25, 0.3) is 0 Å². The Bertz CT molecular complexity index is 520. The Morgan fingerprint density at radius 1 is 1.00 bits per heavy atom. The van der Waals surface area contributed by atoms with Crippen molar-refractivity contribution in [2.24, 2.45) is 0 Å². The fourth-order valence-corrected chi connectivity index (χ4v) is 1.73. The molecule has 0 aliphatic carbocycles. The lowest BCUT2D eigenvalue weighted by molar-refractivity contribution is -0.322. The summed E-state index contributed by atoms with van der Waals surface area (Å²) in [4.78, 5) is 0. The normalized spacial score (nSPS) is 11.7. The molecule has 1 N–H and O–H groups in total. The Morgan fingerprint density at radius 3 is 2.50 bits per heavy atom. The summed E-state index contributed by atoms with van der Waals surface area (Å²) >= 11 is 0. The summed E-state index contributed by atoms with van der Waals surface area (Å²) in [5.41, 5.74) is 0.805. The van der Waals surface area contributed by atoms with Crippen molar-refractivity contribution in [1.82, 2.24) is 0 Å². The van der Waals surface area contributed by atoms with E-state index in [1.54, 1.807) is 0 Å². The van der Waals surface area contributed by atoms with Crippen molar-refractivity contribution in [2.75, 3.05) is 18.5 Å². The van der Waals surface area contributed by atoms with Gasteiger partial charge in [0.05, 0.1) is 6.61 Å². The molecule has 2 nitrogen and oxygen atoms in total. The summed E-state index contributed by atoms with van der Waals surface area (Å²) in [7, 11) is 0. The number of anilines is 1. The van der Waals surface area contributed by atoms with Crippen molar-refractivity contribution in [2.45, 2.75) is 6.36 Å². The molecule has 0 aromatic heterocycles. The zero-order valence-electron chi connectivity index (χ0n) is 9.50. The van der Waals surface area contributed by atoms with Crippen LogP contribution in [-0.2, 0) is 4.74 Å². The molecule has 2 aromatic carbocycles. The number of benzene rings is 2. The minimum absolute atomic E-state index is 0.105. The van der Waals surface area contributed by atoms with E-state index in [2.05, 4.69) is 10.1 Å². The van der Waals surface area contributed by atoms with Crippen LogP contribution in [0.25, 0.3) is 10.8 Å². The molecular formula is C13H12F3NO. The molecule has 0 spiro atoms. The molecule has 18 heavy (non-hydrogen) atoms. The van der Waals surface area contributed by atoms with Crippen molar-refractivity contribution < 1.29 is 17.9 Å². The van der Waals surface area contributed by atoms with Crippen LogP contribution in [0, 0.1) is 0 Å². The molecule has 2 rings (SSSR count). The van der Waals surface area contributed by atoms with Gasteiger partial charge in [-0.25, -0.2) is 0 Å². The minimum Gasteiger partial charge on any atom is -0.382 e. The molecule has 0 amide bonds. The van der Waals surface area contributed by atoms with E-state index in [1.165, 1.54) is 0 Å². The predicted molar refractivity (Wildman–Crippen MR) is 64.4 cm³/mol. The quantitative estimate of drug-likeness (QED) is 0.839. The highest BCUT2D eigenvalue weighted by Crippen LogP contribution is 2.22. The maximum Gasteiger partial charge on any atom is 0.522 e. The molecule has 0 bridgehead atoms. The Hall–Kier alpha value is -1.75. The van der Waals surface area contributed by atoms with Crippen molar-refractivity contribution in [3.8, 4) is 0 Å². The molecule has 0 saturated heterocycles. The van der Waals surface area contributed by atoms with Crippen molar-refractivity contribution >= 4 is 16.5 Å². The highest BCUT2D eigenvalue weighted by molar-refractivity contribution is 5.93. The molecule has 0 radical (unpaired) electrons. The number of ether oxygens (including phenoxy) is 1. The number of hydrogen-bond donors (Lipinski definition) is 1. The first-order valence-corrected chi connectivity index (χ1v) is 5.48. The molecule has 0 atom stereocenters. The Kier molecular flexibility index (Phi) is 3.72. The van der Waals surface area contributed by atoms with Crippen LogP contribution < -0.4 is 5.32 Å². The van der Waals surface area contributed by atoms with E-state index in [0.717, 1.165) is 16.5 Å². The molecular weight excluding hydrogens is 243 g/mol. The van der Waals surface area contributed by atoms with E-state index in [9.17, 15) is 13.2 Å². The first-order chi connectivity index (χ1) is 8.56. The lowest BCUT2D eigenvalue weighted by Gasteiger charge is -2.11. The van der Waals surface area contributed by atoms with Gasteiger partial charge in [0.15, 0.2) is 0 Å². The van der Waals surface area contributed by atoms with Gasteiger partial charge in [-0.3, -0.25) is 4.74 Å². The van der Waals surface area contributed by atoms with Crippen LogP contribution in [0.2, 0.25) is 0 Å². The topological polar surface area (TPSA) is 21.3 Å². The summed E-state index contributed by atoms with van der Waals surface area (Å²) < 4.78 is 39.1. The maximum atomic E-state index is 11.8. The van der Waals surface area contributed by atoms with Gasteiger partial charge >= 0.3 is 6.36 Å².